The molecule has 3 aromatic heterocycles. The van der Waals surface area contributed by atoms with Gasteiger partial charge in [0.05, 0.1) is 35.6 Å². The van der Waals surface area contributed by atoms with E-state index < -0.39 is 0 Å². The van der Waals surface area contributed by atoms with Crippen molar-refractivity contribution in [3.63, 3.8) is 0 Å². The minimum absolute atomic E-state index is 0.220. The summed E-state index contributed by atoms with van der Waals surface area (Å²) in [4.78, 5) is 24.3. The van der Waals surface area contributed by atoms with Crippen LogP contribution in [0.2, 0.25) is 0 Å². The van der Waals surface area contributed by atoms with Crippen molar-refractivity contribution in [2.75, 3.05) is 11.4 Å². The average Bonchev–Trinajstić information content (AvgIpc) is 3.55. The quantitative estimate of drug-likeness (QED) is 0.321. The lowest BCUT2D eigenvalue weighted by molar-refractivity contribution is 0.0962. The highest BCUT2D eigenvalue weighted by atomic mass is 32.1. The van der Waals surface area contributed by atoms with E-state index in [9.17, 15) is 4.79 Å². The largest absolute Gasteiger partial charge is 0.361 e. The predicted octanol–water partition coefficient (Wildman–Crippen LogP) is 5.77. The number of fused-ring (bicyclic) bond motifs is 2. The lowest BCUT2D eigenvalue weighted by Gasteiger charge is -2.27. The molecule has 1 unspecified atom stereocenters. The fourth-order valence-electron chi connectivity index (χ4n) is 4.86. The molecule has 4 aromatic rings. The molecular weight excluding hydrogens is 430 g/mol. The van der Waals surface area contributed by atoms with Gasteiger partial charge in [-0.15, -0.1) is 0 Å². The van der Waals surface area contributed by atoms with Gasteiger partial charge in [0, 0.05) is 30.1 Å². The molecule has 1 N–H and O–H groups in total. The average molecular weight is 462 g/mol. The molecule has 7 heteroatoms. The molecule has 0 amide bonds. The standard InChI is InChI=1S/C26H31N5OS/c1-3-4-7-19(13-20-15-27-23-9-6-5-8-22(20)23)14-24(32)25-16-28-26(33-25)30-10-11-31-21(17-30)12-18(2)29-31/h5-6,8-9,12,15-16,19,27H,3-4,7,10-11,13-14,17H2,1-2H3. The van der Waals surface area contributed by atoms with Gasteiger partial charge in [0.1, 0.15) is 0 Å². The Bertz CT molecular complexity index is 1250. The number of hydrogen-bond donors (Lipinski definition) is 1. The number of carbonyl (C=O) groups is 1. The molecule has 0 aliphatic carbocycles. The number of anilines is 1. The number of Topliss-reactive ketones (excluding diaryl/α,β-unsaturated/α-hetero) is 1. The van der Waals surface area contributed by atoms with E-state index in [0.717, 1.165) is 61.0 Å². The molecule has 5 rings (SSSR count). The fraction of sp³-hybridized carbons (Fsp3) is 0.423. The predicted molar refractivity (Wildman–Crippen MR) is 134 cm³/mol. The zero-order valence-corrected chi connectivity index (χ0v) is 20.2. The van der Waals surface area contributed by atoms with E-state index in [0.29, 0.717) is 12.3 Å². The maximum Gasteiger partial charge on any atom is 0.186 e. The Balaban J connectivity index is 1.27. The minimum atomic E-state index is 0.220. The number of rotatable bonds is 9. The van der Waals surface area contributed by atoms with Gasteiger partial charge in [-0.2, -0.15) is 5.10 Å². The number of para-hydroxylation sites is 1. The highest BCUT2D eigenvalue weighted by Crippen LogP contribution is 2.30. The molecule has 0 saturated carbocycles. The third-order valence-electron chi connectivity index (χ3n) is 6.58. The third kappa shape index (κ3) is 4.74. The van der Waals surface area contributed by atoms with Gasteiger partial charge in [-0.1, -0.05) is 49.3 Å². The molecular formula is C26H31N5OS. The van der Waals surface area contributed by atoms with Gasteiger partial charge in [0.2, 0.25) is 0 Å². The number of aryl methyl sites for hydroxylation is 1. The second kappa shape index (κ2) is 9.51. The summed E-state index contributed by atoms with van der Waals surface area (Å²) in [5.74, 6) is 0.562. The molecule has 172 valence electrons. The van der Waals surface area contributed by atoms with E-state index in [1.165, 1.54) is 33.5 Å². The summed E-state index contributed by atoms with van der Waals surface area (Å²) in [6.07, 6.45) is 8.76. The Morgan fingerprint density at radius 3 is 3.03 bits per heavy atom. The minimum Gasteiger partial charge on any atom is -0.361 e. The number of aromatic amines is 1. The van der Waals surface area contributed by atoms with Crippen LogP contribution in [0.1, 0.15) is 59.2 Å². The Hall–Kier alpha value is -2.93. The number of nitrogens with one attached hydrogen (secondary N) is 1. The molecule has 1 atom stereocenters. The molecule has 4 heterocycles. The lowest BCUT2D eigenvalue weighted by Crippen LogP contribution is -2.33. The number of benzene rings is 1. The number of ketones is 1. The first kappa shape index (κ1) is 21.9. The van der Waals surface area contributed by atoms with Gasteiger partial charge in [-0.3, -0.25) is 9.48 Å². The summed E-state index contributed by atoms with van der Waals surface area (Å²) in [6.45, 7) is 6.76. The maximum atomic E-state index is 13.2. The molecule has 1 aliphatic heterocycles. The van der Waals surface area contributed by atoms with E-state index in [1.54, 1.807) is 6.20 Å². The first-order chi connectivity index (χ1) is 16.1. The van der Waals surface area contributed by atoms with Gasteiger partial charge in [-0.05, 0) is 43.4 Å². The van der Waals surface area contributed by atoms with Crippen LogP contribution in [0.4, 0.5) is 5.13 Å². The topological polar surface area (TPSA) is 66.8 Å². The SMILES string of the molecule is CCCCC(CC(=O)c1cnc(N2CCn3nc(C)cc3C2)s1)Cc1c[nH]c2ccccc12. The van der Waals surface area contributed by atoms with Gasteiger partial charge in [0.15, 0.2) is 10.9 Å². The van der Waals surface area contributed by atoms with Crippen LogP contribution in [0, 0.1) is 12.8 Å². The third-order valence-corrected chi connectivity index (χ3v) is 7.68. The normalized spacial score (nSPS) is 14.5. The van der Waals surface area contributed by atoms with Crippen molar-refractivity contribution in [3.05, 3.63) is 64.6 Å². The van der Waals surface area contributed by atoms with Crippen LogP contribution in [-0.4, -0.2) is 32.1 Å². The highest BCUT2D eigenvalue weighted by Gasteiger charge is 2.23. The van der Waals surface area contributed by atoms with Crippen LogP contribution in [0.15, 0.2) is 42.7 Å². The van der Waals surface area contributed by atoms with Gasteiger partial charge in [0.25, 0.3) is 0 Å². The van der Waals surface area contributed by atoms with Crippen LogP contribution in [0.5, 0.6) is 0 Å². The summed E-state index contributed by atoms with van der Waals surface area (Å²) >= 11 is 1.53. The zero-order valence-electron chi connectivity index (χ0n) is 19.4. The number of thiazole rings is 1. The molecule has 0 saturated heterocycles. The van der Waals surface area contributed by atoms with Crippen molar-refractivity contribution in [2.45, 2.75) is 59.0 Å². The summed E-state index contributed by atoms with van der Waals surface area (Å²) in [5, 5.41) is 6.74. The monoisotopic (exact) mass is 461 g/mol. The molecule has 33 heavy (non-hydrogen) atoms. The summed E-state index contributed by atoms with van der Waals surface area (Å²) in [5.41, 5.74) is 4.73. The van der Waals surface area contributed by atoms with Gasteiger partial charge in [-0.25, -0.2) is 4.98 Å². The Morgan fingerprint density at radius 2 is 2.15 bits per heavy atom. The zero-order chi connectivity index (χ0) is 22.8. The number of H-pyrrole nitrogens is 1. The Morgan fingerprint density at radius 1 is 1.27 bits per heavy atom. The highest BCUT2D eigenvalue weighted by molar-refractivity contribution is 7.17. The van der Waals surface area contributed by atoms with Crippen molar-refractivity contribution in [1.82, 2.24) is 19.7 Å². The first-order valence-corrected chi connectivity index (χ1v) is 12.7. The number of hydrogen-bond acceptors (Lipinski definition) is 5. The molecule has 6 nitrogen and oxygen atoms in total. The number of aromatic nitrogens is 4. The van der Waals surface area contributed by atoms with Crippen molar-refractivity contribution in [3.8, 4) is 0 Å². The van der Waals surface area contributed by atoms with Crippen LogP contribution in [-0.2, 0) is 19.5 Å². The number of carbonyl (C=O) groups excluding carboxylic acids is 1. The molecule has 0 radical (unpaired) electrons. The molecule has 1 aromatic carbocycles. The van der Waals surface area contributed by atoms with Crippen molar-refractivity contribution in [2.24, 2.45) is 5.92 Å². The summed E-state index contributed by atoms with van der Waals surface area (Å²) in [7, 11) is 0. The second-order valence-electron chi connectivity index (χ2n) is 9.13. The first-order valence-electron chi connectivity index (χ1n) is 11.9. The number of nitrogens with zero attached hydrogens (tertiary/aromatic N) is 4. The van der Waals surface area contributed by atoms with Crippen molar-refractivity contribution in [1.29, 1.82) is 0 Å². The van der Waals surface area contributed by atoms with Crippen LogP contribution >= 0.6 is 11.3 Å². The van der Waals surface area contributed by atoms with Gasteiger partial charge >= 0.3 is 0 Å². The van der Waals surface area contributed by atoms with E-state index in [-0.39, 0.29) is 5.78 Å². The van der Waals surface area contributed by atoms with E-state index >= 15 is 0 Å². The molecule has 1 aliphatic rings. The van der Waals surface area contributed by atoms with E-state index in [4.69, 9.17) is 0 Å². The summed E-state index contributed by atoms with van der Waals surface area (Å²) in [6, 6.07) is 10.5. The van der Waals surface area contributed by atoms with E-state index in [1.807, 2.05) is 6.92 Å². The Kier molecular flexibility index (Phi) is 6.31. The van der Waals surface area contributed by atoms with Crippen LogP contribution in [0.3, 0.4) is 0 Å². The summed E-state index contributed by atoms with van der Waals surface area (Å²) < 4.78 is 2.08. The molecule has 0 bridgehead atoms. The second-order valence-corrected chi connectivity index (χ2v) is 10.1. The Labute approximate surface area is 198 Å². The molecule has 0 spiro atoms. The van der Waals surface area contributed by atoms with Crippen LogP contribution in [0.25, 0.3) is 10.9 Å². The smallest absolute Gasteiger partial charge is 0.186 e. The van der Waals surface area contributed by atoms with Crippen molar-refractivity contribution < 1.29 is 4.79 Å². The molecule has 0 fully saturated rings. The lowest BCUT2D eigenvalue weighted by atomic mass is 9.89. The fourth-order valence-corrected chi connectivity index (χ4v) is 5.75. The van der Waals surface area contributed by atoms with Crippen molar-refractivity contribution >= 4 is 33.2 Å². The van der Waals surface area contributed by atoms with E-state index in [2.05, 4.69) is 68.1 Å². The number of unbranched alkanes of at least 4 members (excludes halogenated alkanes) is 1. The van der Waals surface area contributed by atoms with Crippen LogP contribution < -0.4 is 4.90 Å². The van der Waals surface area contributed by atoms with Gasteiger partial charge < -0.3 is 9.88 Å². The maximum absolute atomic E-state index is 13.2.